The van der Waals surface area contributed by atoms with Crippen LogP contribution in [-0.4, -0.2) is 20.5 Å². The average molecular weight is 279 g/mol. The molecule has 1 aromatic heterocycles. The largest absolute Gasteiger partial charge is 0.495 e. The molecule has 0 saturated heterocycles. The summed E-state index contributed by atoms with van der Waals surface area (Å²) in [6, 6.07) is 7.52. The van der Waals surface area contributed by atoms with Gasteiger partial charge in [0.15, 0.2) is 0 Å². The van der Waals surface area contributed by atoms with E-state index >= 15 is 0 Å². The predicted molar refractivity (Wildman–Crippen MR) is 72.5 cm³/mol. The van der Waals surface area contributed by atoms with E-state index in [-0.39, 0.29) is 10.6 Å². The number of rotatable bonds is 4. The SMILES string of the molecule is COc1ccc(S(=O)(=O)Nc2cccnc2)cc1N. The zero-order valence-electron chi connectivity index (χ0n) is 10.2. The van der Waals surface area contributed by atoms with Gasteiger partial charge in [0.05, 0.1) is 29.6 Å². The van der Waals surface area contributed by atoms with Crippen LogP contribution in [0.2, 0.25) is 0 Å². The number of methoxy groups -OCH3 is 1. The van der Waals surface area contributed by atoms with Crippen LogP contribution in [0.25, 0.3) is 0 Å². The summed E-state index contributed by atoms with van der Waals surface area (Å²) in [5.41, 5.74) is 6.34. The normalized spacial score (nSPS) is 11.0. The van der Waals surface area contributed by atoms with Crippen molar-refractivity contribution in [3.63, 3.8) is 0 Å². The van der Waals surface area contributed by atoms with E-state index < -0.39 is 10.0 Å². The molecule has 2 rings (SSSR count). The molecule has 0 atom stereocenters. The number of aromatic nitrogens is 1. The molecule has 0 radical (unpaired) electrons. The Morgan fingerprint density at radius 3 is 2.68 bits per heavy atom. The summed E-state index contributed by atoms with van der Waals surface area (Å²) in [4.78, 5) is 3.90. The summed E-state index contributed by atoms with van der Waals surface area (Å²) < 4.78 is 31.6. The molecule has 0 amide bonds. The number of nitrogens with one attached hydrogen (secondary N) is 1. The van der Waals surface area contributed by atoms with Gasteiger partial charge in [-0.1, -0.05) is 0 Å². The molecule has 1 heterocycles. The van der Waals surface area contributed by atoms with Crippen LogP contribution >= 0.6 is 0 Å². The van der Waals surface area contributed by atoms with Crippen LogP contribution in [0.5, 0.6) is 5.75 Å². The standard InChI is InChI=1S/C12H13N3O3S/c1-18-12-5-4-10(7-11(12)13)19(16,17)15-9-3-2-6-14-8-9/h2-8,15H,13H2,1H3. The van der Waals surface area contributed by atoms with Gasteiger partial charge in [-0.3, -0.25) is 9.71 Å². The van der Waals surface area contributed by atoms with Gasteiger partial charge in [0.2, 0.25) is 0 Å². The number of ether oxygens (including phenoxy) is 1. The van der Waals surface area contributed by atoms with Crippen LogP contribution in [0.3, 0.4) is 0 Å². The van der Waals surface area contributed by atoms with Crippen molar-refractivity contribution in [3.8, 4) is 5.75 Å². The van der Waals surface area contributed by atoms with Crippen LogP contribution in [-0.2, 0) is 10.0 Å². The highest BCUT2D eigenvalue weighted by Gasteiger charge is 2.15. The molecule has 0 saturated carbocycles. The van der Waals surface area contributed by atoms with Gasteiger partial charge >= 0.3 is 0 Å². The number of benzene rings is 1. The van der Waals surface area contributed by atoms with Gasteiger partial charge in [-0.15, -0.1) is 0 Å². The Labute approximate surface area is 111 Å². The molecule has 7 heteroatoms. The molecule has 0 spiro atoms. The first kappa shape index (κ1) is 13.2. The molecule has 1 aromatic carbocycles. The molecule has 100 valence electrons. The number of hydrogen-bond donors (Lipinski definition) is 2. The Hall–Kier alpha value is -2.28. The molecular weight excluding hydrogens is 266 g/mol. The van der Waals surface area contributed by atoms with Gasteiger partial charge in [-0.25, -0.2) is 8.42 Å². The maximum atomic E-state index is 12.1. The Morgan fingerprint density at radius 1 is 1.32 bits per heavy atom. The van der Waals surface area contributed by atoms with Crippen molar-refractivity contribution in [1.82, 2.24) is 4.98 Å². The first-order valence-electron chi connectivity index (χ1n) is 5.39. The molecule has 6 nitrogen and oxygen atoms in total. The van der Waals surface area contributed by atoms with Gasteiger partial charge in [-0.05, 0) is 30.3 Å². The molecule has 0 fully saturated rings. The first-order chi connectivity index (χ1) is 9.03. The number of hydrogen-bond acceptors (Lipinski definition) is 5. The van der Waals surface area contributed by atoms with Gasteiger partial charge in [-0.2, -0.15) is 0 Å². The molecule has 2 aromatic rings. The lowest BCUT2D eigenvalue weighted by Gasteiger charge is -2.10. The lowest BCUT2D eigenvalue weighted by Crippen LogP contribution is -2.13. The molecule has 19 heavy (non-hydrogen) atoms. The number of nitrogens with zero attached hydrogens (tertiary/aromatic N) is 1. The molecule has 3 N–H and O–H groups in total. The van der Waals surface area contributed by atoms with Crippen LogP contribution in [0.4, 0.5) is 11.4 Å². The Bertz CT molecular complexity index is 672. The van der Waals surface area contributed by atoms with Crippen LogP contribution < -0.4 is 15.2 Å². The third kappa shape index (κ3) is 2.94. The predicted octanol–water partition coefficient (Wildman–Crippen LogP) is 1.47. The van der Waals surface area contributed by atoms with Gasteiger partial charge < -0.3 is 10.5 Å². The highest BCUT2D eigenvalue weighted by molar-refractivity contribution is 7.92. The Balaban J connectivity index is 2.32. The fraction of sp³-hybridized carbons (Fsp3) is 0.0833. The van der Waals surface area contributed by atoms with E-state index in [1.54, 1.807) is 18.3 Å². The molecule has 0 aliphatic carbocycles. The summed E-state index contributed by atoms with van der Waals surface area (Å²) in [5, 5.41) is 0. The quantitative estimate of drug-likeness (QED) is 0.826. The van der Waals surface area contributed by atoms with Crippen LogP contribution in [0, 0.1) is 0 Å². The van der Waals surface area contributed by atoms with E-state index in [9.17, 15) is 8.42 Å². The minimum absolute atomic E-state index is 0.0645. The van der Waals surface area contributed by atoms with E-state index in [1.807, 2.05) is 0 Å². The van der Waals surface area contributed by atoms with Crippen molar-refractivity contribution in [2.24, 2.45) is 0 Å². The highest BCUT2D eigenvalue weighted by atomic mass is 32.2. The van der Waals surface area contributed by atoms with Gasteiger partial charge in [0.25, 0.3) is 10.0 Å². The maximum Gasteiger partial charge on any atom is 0.262 e. The second-order valence-corrected chi connectivity index (χ2v) is 5.43. The van der Waals surface area contributed by atoms with E-state index in [1.165, 1.54) is 31.5 Å². The fourth-order valence-electron chi connectivity index (χ4n) is 1.52. The highest BCUT2D eigenvalue weighted by Crippen LogP contribution is 2.25. The Kier molecular flexibility index (Phi) is 3.57. The van der Waals surface area contributed by atoms with Crippen molar-refractivity contribution < 1.29 is 13.2 Å². The summed E-state index contributed by atoms with van der Waals surface area (Å²) in [7, 11) is -2.22. The third-order valence-electron chi connectivity index (χ3n) is 2.43. The lowest BCUT2D eigenvalue weighted by atomic mass is 10.3. The smallest absolute Gasteiger partial charge is 0.262 e. The number of anilines is 2. The number of sulfonamides is 1. The molecule has 0 aliphatic heterocycles. The molecule has 0 unspecified atom stereocenters. The van der Waals surface area contributed by atoms with Crippen molar-refractivity contribution in [2.45, 2.75) is 4.90 Å². The van der Waals surface area contributed by atoms with E-state index in [0.29, 0.717) is 11.4 Å². The van der Waals surface area contributed by atoms with Crippen molar-refractivity contribution >= 4 is 21.4 Å². The van der Waals surface area contributed by atoms with Crippen molar-refractivity contribution in [1.29, 1.82) is 0 Å². The topological polar surface area (TPSA) is 94.3 Å². The molecule has 0 bridgehead atoms. The zero-order valence-corrected chi connectivity index (χ0v) is 11.0. The first-order valence-corrected chi connectivity index (χ1v) is 6.87. The van der Waals surface area contributed by atoms with Crippen LogP contribution in [0.1, 0.15) is 0 Å². The monoisotopic (exact) mass is 279 g/mol. The van der Waals surface area contributed by atoms with Gasteiger partial charge in [0.1, 0.15) is 5.75 Å². The van der Waals surface area contributed by atoms with E-state index in [4.69, 9.17) is 10.5 Å². The maximum absolute atomic E-state index is 12.1. The third-order valence-corrected chi connectivity index (χ3v) is 3.80. The fourth-order valence-corrected chi connectivity index (χ4v) is 2.60. The number of pyridine rings is 1. The number of nitrogens with two attached hydrogens (primary N) is 1. The molecule has 0 aliphatic rings. The van der Waals surface area contributed by atoms with Crippen molar-refractivity contribution in [3.05, 3.63) is 42.7 Å². The van der Waals surface area contributed by atoms with Crippen LogP contribution in [0.15, 0.2) is 47.6 Å². The second kappa shape index (κ2) is 5.15. The van der Waals surface area contributed by atoms with E-state index in [2.05, 4.69) is 9.71 Å². The van der Waals surface area contributed by atoms with Crippen molar-refractivity contribution in [2.75, 3.05) is 17.6 Å². The zero-order chi connectivity index (χ0) is 13.9. The minimum Gasteiger partial charge on any atom is -0.495 e. The summed E-state index contributed by atoms with van der Waals surface area (Å²) in [5.74, 6) is 0.431. The van der Waals surface area contributed by atoms with E-state index in [0.717, 1.165) is 0 Å². The average Bonchev–Trinajstić information content (AvgIpc) is 2.39. The Morgan fingerprint density at radius 2 is 2.11 bits per heavy atom. The lowest BCUT2D eigenvalue weighted by molar-refractivity contribution is 0.416. The minimum atomic E-state index is -3.69. The summed E-state index contributed by atoms with van der Waals surface area (Å²) >= 11 is 0. The number of nitrogen functional groups attached to an aromatic ring is 1. The molecular formula is C12H13N3O3S. The second-order valence-electron chi connectivity index (χ2n) is 3.75. The summed E-state index contributed by atoms with van der Waals surface area (Å²) in [6.07, 6.45) is 2.98. The summed E-state index contributed by atoms with van der Waals surface area (Å²) in [6.45, 7) is 0. The van der Waals surface area contributed by atoms with Gasteiger partial charge in [0, 0.05) is 6.20 Å².